The Bertz CT molecular complexity index is 299. The van der Waals surface area contributed by atoms with Gasteiger partial charge in [-0.1, -0.05) is 0 Å². The van der Waals surface area contributed by atoms with Crippen molar-refractivity contribution in [1.29, 1.82) is 0 Å². The second-order valence-electron chi connectivity index (χ2n) is 2.39. The van der Waals surface area contributed by atoms with Crippen LogP contribution in [0.5, 0.6) is 11.8 Å². The molecule has 0 bridgehead atoms. The van der Waals surface area contributed by atoms with Crippen LogP contribution in [0.25, 0.3) is 0 Å². The summed E-state index contributed by atoms with van der Waals surface area (Å²) in [7, 11) is 3.04. The van der Waals surface area contributed by atoms with Crippen molar-refractivity contribution in [3.8, 4) is 11.8 Å². The van der Waals surface area contributed by atoms with Gasteiger partial charge in [-0.15, -0.1) is 0 Å². The van der Waals surface area contributed by atoms with Crippen LogP contribution in [-0.4, -0.2) is 25.5 Å². The lowest BCUT2D eigenvalue weighted by atomic mass is 10.2. The summed E-state index contributed by atoms with van der Waals surface area (Å²) in [5.41, 5.74) is 0.762. The van der Waals surface area contributed by atoms with Crippen molar-refractivity contribution in [1.82, 2.24) is 4.98 Å². The standard InChI is InChI=1S/C9H11NO3/c1-12-8-4-3-7(5-6-11)9(10-8)13-2/h3-4,6H,5H2,1-2H3. The molecule has 0 saturated carbocycles. The summed E-state index contributed by atoms with van der Waals surface area (Å²) in [5.74, 6) is 0.915. The van der Waals surface area contributed by atoms with E-state index in [9.17, 15) is 4.79 Å². The largest absolute Gasteiger partial charge is 0.481 e. The van der Waals surface area contributed by atoms with E-state index in [4.69, 9.17) is 9.47 Å². The van der Waals surface area contributed by atoms with Gasteiger partial charge >= 0.3 is 0 Å². The van der Waals surface area contributed by atoms with Crippen molar-refractivity contribution in [2.75, 3.05) is 14.2 Å². The van der Waals surface area contributed by atoms with E-state index in [1.807, 2.05) is 0 Å². The third-order valence-electron chi connectivity index (χ3n) is 1.62. The maximum absolute atomic E-state index is 10.3. The number of carbonyl (C=O) groups excluding carboxylic acids is 1. The Labute approximate surface area is 76.5 Å². The molecular weight excluding hydrogens is 170 g/mol. The lowest BCUT2D eigenvalue weighted by molar-refractivity contribution is -0.107. The minimum atomic E-state index is 0.306. The molecule has 0 atom stereocenters. The lowest BCUT2D eigenvalue weighted by Crippen LogP contribution is -1.97. The molecule has 0 aliphatic heterocycles. The van der Waals surface area contributed by atoms with E-state index in [0.717, 1.165) is 11.8 Å². The molecule has 0 radical (unpaired) electrons. The van der Waals surface area contributed by atoms with Crippen LogP contribution in [0.15, 0.2) is 12.1 Å². The predicted molar refractivity (Wildman–Crippen MR) is 47.1 cm³/mol. The monoisotopic (exact) mass is 181 g/mol. The molecule has 0 aliphatic rings. The molecule has 1 rings (SSSR count). The molecule has 0 saturated heterocycles. The highest BCUT2D eigenvalue weighted by Crippen LogP contribution is 2.19. The van der Waals surface area contributed by atoms with E-state index in [1.165, 1.54) is 14.2 Å². The average Bonchev–Trinajstić information content (AvgIpc) is 2.19. The Kier molecular flexibility index (Phi) is 3.25. The number of hydrogen-bond acceptors (Lipinski definition) is 4. The van der Waals surface area contributed by atoms with Gasteiger partial charge < -0.3 is 14.3 Å². The van der Waals surface area contributed by atoms with Crippen LogP contribution in [0.3, 0.4) is 0 Å². The molecule has 0 aromatic carbocycles. The van der Waals surface area contributed by atoms with Crippen molar-refractivity contribution >= 4 is 6.29 Å². The number of aldehydes is 1. The number of carbonyl (C=O) groups is 1. The number of rotatable bonds is 4. The summed E-state index contributed by atoms with van der Waals surface area (Å²) < 4.78 is 9.90. The van der Waals surface area contributed by atoms with E-state index in [2.05, 4.69) is 4.98 Å². The zero-order valence-corrected chi connectivity index (χ0v) is 7.61. The summed E-state index contributed by atoms with van der Waals surface area (Å²) in [6.45, 7) is 0. The van der Waals surface area contributed by atoms with Crippen LogP contribution < -0.4 is 9.47 Å². The molecule has 1 aromatic rings. The lowest BCUT2D eigenvalue weighted by Gasteiger charge is -2.06. The molecule has 0 aliphatic carbocycles. The summed E-state index contributed by atoms with van der Waals surface area (Å²) >= 11 is 0. The Morgan fingerprint density at radius 3 is 2.69 bits per heavy atom. The number of hydrogen-bond donors (Lipinski definition) is 0. The van der Waals surface area contributed by atoms with Crippen molar-refractivity contribution < 1.29 is 14.3 Å². The maximum atomic E-state index is 10.3. The van der Waals surface area contributed by atoms with E-state index < -0.39 is 0 Å². The molecule has 0 N–H and O–H groups in total. The van der Waals surface area contributed by atoms with Gasteiger partial charge in [-0.3, -0.25) is 0 Å². The maximum Gasteiger partial charge on any atom is 0.220 e. The SMILES string of the molecule is COc1ccc(CC=O)c(OC)n1. The van der Waals surface area contributed by atoms with Crippen LogP contribution in [0, 0.1) is 0 Å². The highest BCUT2D eigenvalue weighted by molar-refractivity contribution is 5.56. The second kappa shape index (κ2) is 4.45. The van der Waals surface area contributed by atoms with E-state index in [0.29, 0.717) is 18.2 Å². The van der Waals surface area contributed by atoms with Gasteiger partial charge in [-0.25, -0.2) is 0 Å². The van der Waals surface area contributed by atoms with Gasteiger partial charge in [-0.05, 0) is 6.07 Å². The molecular formula is C9H11NO3. The average molecular weight is 181 g/mol. The van der Waals surface area contributed by atoms with E-state index in [1.54, 1.807) is 12.1 Å². The van der Waals surface area contributed by atoms with Gasteiger partial charge in [0.15, 0.2) is 0 Å². The first-order valence-corrected chi connectivity index (χ1v) is 3.83. The number of aromatic nitrogens is 1. The number of methoxy groups -OCH3 is 2. The third kappa shape index (κ3) is 2.18. The summed E-state index contributed by atoms with van der Waals surface area (Å²) in [4.78, 5) is 14.3. The topological polar surface area (TPSA) is 48.4 Å². The molecule has 70 valence electrons. The number of pyridine rings is 1. The first kappa shape index (κ1) is 9.51. The van der Waals surface area contributed by atoms with Gasteiger partial charge in [0.05, 0.1) is 14.2 Å². The van der Waals surface area contributed by atoms with Gasteiger partial charge in [0.25, 0.3) is 0 Å². The van der Waals surface area contributed by atoms with Crippen LogP contribution in [-0.2, 0) is 11.2 Å². The van der Waals surface area contributed by atoms with Gasteiger partial charge in [0.1, 0.15) is 6.29 Å². The molecule has 0 spiro atoms. The molecule has 4 heteroatoms. The molecule has 0 amide bonds. The van der Waals surface area contributed by atoms with Crippen LogP contribution in [0.1, 0.15) is 5.56 Å². The fourth-order valence-corrected chi connectivity index (χ4v) is 0.988. The minimum absolute atomic E-state index is 0.306. The molecule has 0 unspecified atom stereocenters. The van der Waals surface area contributed by atoms with Crippen molar-refractivity contribution in [3.05, 3.63) is 17.7 Å². The van der Waals surface area contributed by atoms with Crippen molar-refractivity contribution in [2.45, 2.75) is 6.42 Å². The Hall–Kier alpha value is -1.58. The summed E-state index contributed by atoms with van der Waals surface area (Å²) in [5, 5.41) is 0. The minimum Gasteiger partial charge on any atom is -0.481 e. The van der Waals surface area contributed by atoms with Crippen molar-refractivity contribution in [2.24, 2.45) is 0 Å². The molecule has 13 heavy (non-hydrogen) atoms. The highest BCUT2D eigenvalue weighted by atomic mass is 16.5. The normalized spacial score (nSPS) is 9.38. The van der Waals surface area contributed by atoms with Crippen LogP contribution >= 0.6 is 0 Å². The van der Waals surface area contributed by atoms with Crippen LogP contribution in [0.4, 0.5) is 0 Å². The molecule has 4 nitrogen and oxygen atoms in total. The molecule has 1 aromatic heterocycles. The van der Waals surface area contributed by atoms with Gasteiger partial charge in [0.2, 0.25) is 11.8 Å². The summed E-state index contributed by atoms with van der Waals surface area (Å²) in [6, 6.07) is 3.46. The predicted octanol–water partition coefficient (Wildman–Crippen LogP) is 0.840. The quantitative estimate of drug-likeness (QED) is 0.646. The number of nitrogens with zero attached hydrogens (tertiary/aromatic N) is 1. The van der Waals surface area contributed by atoms with Gasteiger partial charge in [0, 0.05) is 18.1 Å². The van der Waals surface area contributed by atoms with E-state index in [-0.39, 0.29) is 0 Å². The Morgan fingerprint density at radius 2 is 2.15 bits per heavy atom. The van der Waals surface area contributed by atoms with Gasteiger partial charge in [-0.2, -0.15) is 4.98 Å². The van der Waals surface area contributed by atoms with E-state index >= 15 is 0 Å². The first-order chi connectivity index (χ1) is 6.31. The Balaban J connectivity index is 3.00. The summed E-state index contributed by atoms with van der Waals surface area (Å²) in [6.07, 6.45) is 1.12. The first-order valence-electron chi connectivity index (χ1n) is 3.83. The Morgan fingerprint density at radius 1 is 1.38 bits per heavy atom. The third-order valence-corrected chi connectivity index (χ3v) is 1.62. The highest BCUT2D eigenvalue weighted by Gasteiger charge is 2.05. The fourth-order valence-electron chi connectivity index (χ4n) is 0.988. The fraction of sp³-hybridized carbons (Fsp3) is 0.333. The smallest absolute Gasteiger partial charge is 0.220 e. The van der Waals surface area contributed by atoms with Crippen LogP contribution in [0.2, 0.25) is 0 Å². The molecule has 0 fully saturated rings. The zero-order chi connectivity index (χ0) is 9.68. The molecule has 1 heterocycles. The number of ether oxygens (including phenoxy) is 2. The zero-order valence-electron chi connectivity index (χ0n) is 7.61. The second-order valence-corrected chi connectivity index (χ2v) is 2.39. The van der Waals surface area contributed by atoms with Crippen molar-refractivity contribution in [3.63, 3.8) is 0 Å².